The maximum Gasteiger partial charge on any atom is 0.159 e. The molecule has 0 fully saturated rings. The van der Waals surface area contributed by atoms with Crippen LogP contribution in [0.25, 0.3) is 11.1 Å². The molecule has 0 amide bonds. The van der Waals surface area contributed by atoms with Crippen LogP contribution in [0.4, 0.5) is 14.5 Å². The average molecular weight is 240 g/mol. The molecule has 0 heterocycles. The van der Waals surface area contributed by atoms with Gasteiger partial charge in [0.2, 0.25) is 0 Å². The van der Waals surface area contributed by atoms with E-state index in [0.29, 0.717) is 21.8 Å². The summed E-state index contributed by atoms with van der Waals surface area (Å²) in [5, 5.41) is 0.504. The Labute approximate surface area is 96.5 Å². The third-order valence-corrected chi connectivity index (χ3v) is 2.48. The Balaban J connectivity index is 2.54. The zero-order valence-corrected chi connectivity index (χ0v) is 8.93. The summed E-state index contributed by atoms with van der Waals surface area (Å²) in [6, 6.07) is 8.53. The van der Waals surface area contributed by atoms with Crippen LogP contribution in [0.5, 0.6) is 0 Å². The van der Waals surface area contributed by atoms with E-state index in [-0.39, 0.29) is 0 Å². The van der Waals surface area contributed by atoms with Gasteiger partial charge >= 0.3 is 0 Å². The van der Waals surface area contributed by atoms with Crippen molar-refractivity contribution in [3.8, 4) is 11.1 Å². The quantitative estimate of drug-likeness (QED) is 0.751. The minimum absolute atomic E-state index is 0.429. The highest BCUT2D eigenvalue weighted by Gasteiger charge is 2.07. The van der Waals surface area contributed by atoms with Crippen LogP contribution in [0.15, 0.2) is 36.4 Å². The van der Waals surface area contributed by atoms with Crippen molar-refractivity contribution in [3.05, 3.63) is 53.1 Å². The highest BCUT2D eigenvalue weighted by molar-refractivity contribution is 6.31. The summed E-state index contributed by atoms with van der Waals surface area (Å²) in [4.78, 5) is 0. The van der Waals surface area contributed by atoms with E-state index in [2.05, 4.69) is 0 Å². The van der Waals surface area contributed by atoms with Gasteiger partial charge in [-0.25, -0.2) is 8.78 Å². The van der Waals surface area contributed by atoms with Crippen LogP contribution in [0.3, 0.4) is 0 Å². The van der Waals surface area contributed by atoms with Gasteiger partial charge in [0, 0.05) is 16.3 Å². The van der Waals surface area contributed by atoms with Crippen LogP contribution < -0.4 is 5.73 Å². The molecule has 82 valence electrons. The molecule has 0 spiro atoms. The maximum atomic E-state index is 13.0. The molecule has 2 rings (SSSR count). The summed E-state index contributed by atoms with van der Waals surface area (Å²) in [7, 11) is 0. The van der Waals surface area contributed by atoms with Crippen molar-refractivity contribution in [1.82, 2.24) is 0 Å². The first-order chi connectivity index (χ1) is 7.58. The largest absolute Gasteiger partial charge is 0.398 e. The topological polar surface area (TPSA) is 26.0 Å². The zero-order valence-electron chi connectivity index (χ0n) is 8.18. The molecule has 2 N–H and O–H groups in total. The van der Waals surface area contributed by atoms with E-state index in [9.17, 15) is 8.78 Å². The molecule has 16 heavy (non-hydrogen) atoms. The first kappa shape index (κ1) is 10.9. The number of rotatable bonds is 1. The molecule has 0 aliphatic carbocycles. The van der Waals surface area contributed by atoms with Crippen LogP contribution in [-0.4, -0.2) is 0 Å². The third-order valence-electron chi connectivity index (χ3n) is 2.24. The lowest BCUT2D eigenvalue weighted by atomic mass is 10.0. The zero-order chi connectivity index (χ0) is 11.7. The Morgan fingerprint density at radius 2 is 1.69 bits per heavy atom. The molecule has 0 bridgehead atoms. The highest BCUT2D eigenvalue weighted by Crippen LogP contribution is 2.29. The fraction of sp³-hybridized carbons (Fsp3) is 0. The van der Waals surface area contributed by atoms with Crippen molar-refractivity contribution >= 4 is 17.3 Å². The molecule has 0 aliphatic rings. The second-order valence-corrected chi connectivity index (χ2v) is 3.80. The van der Waals surface area contributed by atoms with Gasteiger partial charge in [-0.2, -0.15) is 0 Å². The van der Waals surface area contributed by atoms with Gasteiger partial charge < -0.3 is 5.73 Å². The van der Waals surface area contributed by atoms with Crippen molar-refractivity contribution < 1.29 is 8.78 Å². The molecule has 2 aromatic rings. The fourth-order valence-electron chi connectivity index (χ4n) is 1.46. The smallest absolute Gasteiger partial charge is 0.159 e. The standard InChI is InChI=1S/C12H8ClF2N/c13-8-2-3-9(12(16)6-8)7-1-4-10(14)11(15)5-7/h1-6H,16H2. The lowest BCUT2D eigenvalue weighted by Crippen LogP contribution is -1.91. The van der Waals surface area contributed by atoms with Crippen molar-refractivity contribution in [2.75, 3.05) is 5.73 Å². The van der Waals surface area contributed by atoms with Crippen LogP contribution >= 0.6 is 11.6 Å². The van der Waals surface area contributed by atoms with Crippen molar-refractivity contribution in [2.45, 2.75) is 0 Å². The average Bonchev–Trinajstić information content (AvgIpc) is 2.22. The van der Waals surface area contributed by atoms with Crippen LogP contribution in [0, 0.1) is 11.6 Å². The number of anilines is 1. The Morgan fingerprint density at radius 3 is 2.31 bits per heavy atom. The van der Waals surface area contributed by atoms with Gasteiger partial charge in [-0.1, -0.05) is 23.7 Å². The Hall–Kier alpha value is -1.61. The predicted molar refractivity (Wildman–Crippen MR) is 61.2 cm³/mol. The SMILES string of the molecule is Nc1cc(Cl)ccc1-c1ccc(F)c(F)c1. The van der Waals surface area contributed by atoms with Crippen LogP contribution in [0.1, 0.15) is 0 Å². The molecule has 2 aromatic carbocycles. The van der Waals surface area contributed by atoms with Gasteiger partial charge in [-0.05, 0) is 29.8 Å². The van der Waals surface area contributed by atoms with Crippen molar-refractivity contribution in [2.24, 2.45) is 0 Å². The van der Waals surface area contributed by atoms with E-state index in [1.165, 1.54) is 6.07 Å². The molecule has 0 radical (unpaired) electrons. The first-order valence-corrected chi connectivity index (χ1v) is 4.96. The van der Waals surface area contributed by atoms with Crippen LogP contribution in [-0.2, 0) is 0 Å². The van der Waals surface area contributed by atoms with E-state index in [0.717, 1.165) is 12.1 Å². The Kier molecular flexibility index (Phi) is 2.79. The first-order valence-electron chi connectivity index (χ1n) is 4.58. The molecule has 0 saturated heterocycles. The summed E-state index contributed by atoms with van der Waals surface area (Å²) in [5.74, 6) is -1.77. The molecule has 1 nitrogen and oxygen atoms in total. The third kappa shape index (κ3) is 1.99. The molecular formula is C12H8ClF2N. The number of hydrogen-bond acceptors (Lipinski definition) is 1. The van der Waals surface area contributed by atoms with E-state index in [1.807, 2.05) is 0 Å². The van der Waals surface area contributed by atoms with E-state index in [1.54, 1.807) is 18.2 Å². The summed E-state index contributed by atoms with van der Waals surface area (Å²) in [6.45, 7) is 0. The molecule has 0 saturated carbocycles. The Bertz CT molecular complexity index is 541. The molecule has 0 atom stereocenters. The molecular weight excluding hydrogens is 232 g/mol. The maximum absolute atomic E-state index is 13.0. The number of halogens is 3. The monoisotopic (exact) mass is 239 g/mol. The summed E-state index contributed by atoms with van der Waals surface area (Å²) in [6.07, 6.45) is 0. The van der Waals surface area contributed by atoms with Gasteiger partial charge in [0.15, 0.2) is 11.6 Å². The van der Waals surface area contributed by atoms with Crippen LogP contribution in [0.2, 0.25) is 5.02 Å². The minimum Gasteiger partial charge on any atom is -0.398 e. The summed E-state index contributed by atoms with van der Waals surface area (Å²) >= 11 is 5.75. The summed E-state index contributed by atoms with van der Waals surface area (Å²) < 4.78 is 25.8. The number of nitrogen functional groups attached to an aromatic ring is 1. The predicted octanol–water partition coefficient (Wildman–Crippen LogP) is 3.87. The lowest BCUT2D eigenvalue weighted by molar-refractivity contribution is 0.509. The van der Waals surface area contributed by atoms with Gasteiger partial charge in [0.25, 0.3) is 0 Å². The van der Waals surface area contributed by atoms with Gasteiger partial charge in [0.05, 0.1) is 0 Å². The van der Waals surface area contributed by atoms with Gasteiger partial charge in [-0.3, -0.25) is 0 Å². The van der Waals surface area contributed by atoms with E-state index >= 15 is 0 Å². The van der Waals surface area contributed by atoms with Crippen molar-refractivity contribution in [3.63, 3.8) is 0 Å². The second kappa shape index (κ2) is 4.10. The molecule has 0 aromatic heterocycles. The normalized spacial score (nSPS) is 10.4. The molecule has 4 heteroatoms. The second-order valence-electron chi connectivity index (χ2n) is 3.36. The minimum atomic E-state index is -0.896. The molecule has 0 aliphatic heterocycles. The van der Waals surface area contributed by atoms with E-state index in [4.69, 9.17) is 17.3 Å². The number of benzene rings is 2. The fourth-order valence-corrected chi connectivity index (χ4v) is 1.64. The Morgan fingerprint density at radius 1 is 0.938 bits per heavy atom. The molecule has 0 unspecified atom stereocenters. The van der Waals surface area contributed by atoms with Gasteiger partial charge in [-0.15, -0.1) is 0 Å². The lowest BCUT2D eigenvalue weighted by Gasteiger charge is -2.06. The van der Waals surface area contributed by atoms with Crippen molar-refractivity contribution in [1.29, 1.82) is 0 Å². The summed E-state index contributed by atoms with van der Waals surface area (Å²) in [5.41, 5.74) is 7.32. The number of hydrogen-bond donors (Lipinski definition) is 1. The highest BCUT2D eigenvalue weighted by atomic mass is 35.5. The van der Waals surface area contributed by atoms with Gasteiger partial charge in [0.1, 0.15) is 0 Å². The number of nitrogens with two attached hydrogens (primary N) is 1. The van der Waals surface area contributed by atoms with E-state index < -0.39 is 11.6 Å².